The second kappa shape index (κ2) is 28.7. The number of unbranched alkanes of at least 4 members (excludes halogenated alkanes) is 11. The number of amides is 2. The first kappa shape index (κ1) is 47.3. The van der Waals surface area contributed by atoms with Gasteiger partial charge in [0.25, 0.3) is 7.82 Å². The van der Waals surface area contributed by atoms with Crippen LogP contribution < -0.4 is 45.1 Å². The molecule has 2 fully saturated rings. The van der Waals surface area contributed by atoms with E-state index in [1.165, 1.54) is 6.42 Å². The molecule has 2 amide bonds. The van der Waals surface area contributed by atoms with Gasteiger partial charge in [-0.15, -0.1) is 0 Å². The van der Waals surface area contributed by atoms with Crippen LogP contribution in [0, 0.1) is 0 Å². The summed E-state index contributed by atoms with van der Waals surface area (Å²) in [6.45, 7) is -1.92. The smallest absolute Gasteiger partial charge is 0.756 e. The Morgan fingerprint density at radius 2 is 1.38 bits per heavy atom. The fourth-order valence-corrected chi connectivity index (χ4v) is 7.79. The van der Waals surface area contributed by atoms with E-state index in [0.717, 1.165) is 89.2 Å². The number of hydrogen-bond acceptors (Lipinski definition) is 13. The van der Waals surface area contributed by atoms with Crippen molar-refractivity contribution in [1.29, 1.82) is 0 Å². The number of carbonyl (C=O) groups is 3. The van der Waals surface area contributed by atoms with Gasteiger partial charge in [0.2, 0.25) is 0 Å². The van der Waals surface area contributed by atoms with Crippen LogP contribution in [0.3, 0.4) is 0 Å². The van der Waals surface area contributed by atoms with Crippen LogP contribution in [-0.4, -0.2) is 102 Å². The van der Waals surface area contributed by atoms with Gasteiger partial charge in [0.05, 0.1) is 38.5 Å². The van der Waals surface area contributed by atoms with Gasteiger partial charge in [-0.3, -0.25) is 14.2 Å². The summed E-state index contributed by atoms with van der Waals surface area (Å²) in [5.41, 5.74) is 0. The number of carbonyl (C=O) groups excluding carboxylic acids is 3. The largest absolute Gasteiger partial charge is 1.00 e. The Morgan fingerprint density at radius 3 is 2.04 bits per heavy atom. The molecule has 2 rings (SSSR count). The summed E-state index contributed by atoms with van der Waals surface area (Å²) in [5.74, 6) is 0.369. The first-order chi connectivity index (χ1) is 23.6. The van der Waals surface area contributed by atoms with Gasteiger partial charge in [-0.1, -0.05) is 57.1 Å². The second-order valence-electron chi connectivity index (χ2n) is 12.6. The molecule has 17 heteroatoms. The summed E-state index contributed by atoms with van der Waals surface area (Å²) in [5, 5.41) is 33.9. The van der Waals surface area contributed by atoms with Crippen LogP contribution in [0.2, 0.25) is 0 Å². The number of phosphoric acid groups is 1. The predicted molar refractivity (Wildman–Crippen MR) is 184 cm³/mol. The fraction of sp³-hybridized carbons (Fsp3) is 0.848. The Hall–Kier alpha value is -0.710. The molecule has 2 saturated heterocycles. The number of esters is 2. The minimum Gasteiger partial charge on any atom is -0.756 e. The van der Waals surface area contributed by atoms with E-state index in [1.54, 1.807) is 0 Å². The molecule has 5 N–H and O–H groups in total. The third-order valence-electron chi connectivity index (χ3n) is 8.25. The molecule has 0 aliphatic carbocycles. The molecular formula is C33H58N2NaO12PS. The second-order valence-corrected chi connectivity index (χ2v) is 15.3. The Morgan fingerprint density at radius 1 is 0.820 bits per heavy atom. The zero-order valence-electron chi connectivity index (χ0n) is 29.7. The van der Waals surface area contributed by atoms with Crippen molar-refractivity contribution in [2.75, 3.05) is 38.8 Å². The van der Waals surface area contributed by atoms with E-state index in [9.17, 15) is 28.9 Å². The molecule has 0 aromatic carbocycles. The van der Waals surface area contributed by atoms with Crippen molar-refractivity contribution in [2.45, 2.75) is 139 Å². The van der Waals surface area contributed by atoms with Crippen molar-refractivity contribution in [3.05, 3.63) is 12.2 Å². The van der Waals surface area contributed by atoms with Crippen molar-refractivity contribution in [2.24, 2.45) is 0 Å². The maximum absolute atomic E-state index is 12.0. The summed E-state index contributed by atoms with van der Waals surface area (Å²) in [6.07, 6.45) is 17.5. The fourth-order valence-electron chi connectivity index (χ4n) is 5.46. The molecule has 0 saturated carbocycles. The number of rotatable bonds is 30. The van der Waals surface area contributed by atoms with Crippen LogP contribution in [-0.2, 0) is 32.7 Å². The molecule has 0 radical (unpaired) electrons. The Bertz CT molecular complexity index is 1030. The zero-order valence-corrected chi connectivity index (χ0v) is 33.4. The molecule has 2 aliphatic rings. The quantitative estimate of drug-likeness (QED) is 0.0170. The number of aliphatic hydroxyl groups is 3. The predicted octanol–water partition coefficient (Wildman–Crippen LogP) is 0.646. The van der Waals surface area contributed by atoms with Gasteiger partial charge >= 0.3 is 47.5 Å². The number of hydrogen-bond donors (Lipinski definition) is 5. The molecule has 2 unspecified atom stereocenters. The van der Waals surface area contributed by atoms with Gasteiger partial charge in [0, 0.05) is 23.8 Å². The molecular weight excluding hydrogens is 702 g/mol. The number of phosphoric ester groups is 1. The third kappa shape index (κ3) is 23.1. The normalized spacial score (nSPS) is 20.7. The average molecular weight is 761 g/mol. The summed E-state index contributed by atoms with van der Waals surface area (Å²) in [7, 11) is -4.76. The average Bonchev–Trinajstić information content (AvgIpc) is 3.64. The summed E-state index contributed by atoms with van der Waals surface area (Å²) in [6, 6.07) is 0.401. The molecule has 284 valence electrons. The van der Waals surface area contributed by atoms with Crippen molar-refractivity contribution < 1.29 is 87.2 Å². The van der Waals surface area contributed by atoms with Gasteiger partial charge in [0.15, 0.2) is 0 Å². The number of allylic oxidation sites excluding steroid dienone is 2. The number of nitrogens with one attached hydrogen (secondary N) is 2. The monoisotopic (exact) mass is 760 g/mol. The maximum atomic E-state index is 12.0. The topological polar surface area (TPSA) is 213 Å². The van der Waals surface area contributed by atoms with Crippen LogP contribution in [0.4, 0.5) is 4.79 Å². The van der Waals surface area contributed by atoms with Crippen LogP contribution in [0.5, 0.6) is 0 Å². The number of urea groups is 1. The van der Waals surface area contributed by atoms with E-state index in [1.807, 2.05) is 11.8 Å². The third-order valence-corrected chi connectivity index (χ3v) is 10.7. The van der Waals surface area contributed by atoms with E-state index in [0.29, 0.717) is 24.7 Å². The Kier molecular flexibility index (Phi) is 27.2. The van der Waals surface area contributed by atoms with Gasteiger partial charge in [-0.25, -0.2) is 4.79 Å². The number of thioether (sulfide) groups is 1. The number of aliphatic hydroxyl groups excluding tert-OH is 3. The number of fused-ring (bicyclic) bond motifs is 1. The molecule has 2 heterocycles. The standard InChI is InChI=1S/C33H59N2O12PS.Na/c36-21-26(37)23-46-48(42,43)47-24-27(38)22-45-31(40)18-13-11-9-7-5-3-1-2-4-6-8-10-12-16-20-44-30(39)19-15-14-17-29-32-28(25-49-29)34-33(41)35-32;/h1-2,26-29,32,36-38H,3-25H2,(H,42,43)(H2,34,35,41);/q;+1/p-1/b2-1-;/t26?,27-,28+,29+,32+;/m1./s1. The van der Waals surface area contributed by atoms with E-state index in [4.69, 9.17) is 19.7 Å². The van der Waals surface area contributed by atoms with Crippen molar-refractivity contribution in [3.8, 4) is 0 Å². The van der Waals surface area contributed by atoms with Crippen LogP contribution in [0.15, 0.2) is 12.2 Å². The van der Waals surface area contributed by atoms with Gasteiger partial charge in [0.1, 0.15) is 18.8 Å². The van der Waals surface area contributed by atoms with Crippen molar-refractivity contribution >= 4 is 37.6 Å². The van der Waals surface area contributed by atoms with Crippen molar-refractivity contribution in [1.82, 2.24) is 10.6 Å². The molecule has 0 spiro atoms. The summed E-state index contributed by atoms with van der Waals surface area (Å²) >= 11 is 1.90. The zero-order chi connectivity index (χ0) is 35.7. The van der Waals surface area contributed by atoms with E-state index < -0.39 is 52.4 Å². The molecule has 0 aromatic heterocycles. The van der Waals surface area contributed by atoms with Gasteiger partial charge < -0.3 is 49.4 Å². The SMILES string of the molecule is O=C1N[C@H]2[C@H](CS[C@H]2CCCCC(=O)OCCCCCCC/C=C\CCCCCCCC(=O)OC[C@@H](O)COP(=O)([O-])OCC(O)CO)N1.[Na+]. The first-order valence-electron chi connectivity index (χ1n) is 17.8. The molecule has 6 atom stereocenters. The molecule has 0 bridgehead atoms. The van der Waals surface area contributed by atoms with Crippen LogP contribution >= 0.6 is 19.6 Å². The van der Waals surface area contributed by atoms with E-state index in [-0.39, 0.29) is 60.1 Å². The van der Waals surface area contributed by atoms with Gasteiger partial charge in [-0.2, -0.15) is 11.8 Å². The van der Waals surface area contributed by atoms with Crippen LogP contribution in [0.25, 0.3) is 0 Å². The van der Waals surface area contributed by atoms with Crippen molar-refractivity contribution in [3.63, 3.8) is 0 Å². The van der Waals surface area contributed by atoms with E-state index >= 15 is 0 Å². The minimum absolute atomic E-state index is 0. The van der Waals surface area contributed by atoms with Crippen LogP contribution in [0.1, 0.15) is 109 Å². The summed E-state index contributed by atoms with van der Waals surface area (Å²) in [4.78, 5) is 46.8. The first-order valence-corrected chi connectivity index (χ1v) is 20.3. The minimum atomic E-state index is -4.76. The Labute approximate surface area is 323 Å². The maximum Gasteiger partial charge on any atom is 1.00 e. The summed E-state index contributed by atoms with van der Waals surface area (Å²) < 4.78 is 30.7. The molecule has 0 aromatic rings. The number of ether oxygens (including phenoxy) is 2. The molecule has 14 nitrogen and oxygen atoms in total. The van der Waals surface area contributed by atoms with E-state index in [2.05, 4.69) is 31.8 Å². The van der Waals surface area contributed by atoms with Gasteiger partial charge in [-0.05, 0) is 51.4 Å². The molecule has 2 aliphatic heterocycles. The molecule has 50 heavy (non-hydrogen) atoms. The Balaban J connectivity index is 0.0000125.